The Bertz CT molecular complexity index is 1250. The molecule has 0 unspecified atom stereocenters. The predicted octanol–water partition coefficient (Wildman–Crippen LogP) is 4.46. The van der Waals surface area contributed by atoms with Crippen LogP contribution in [0.25, 0.3) is 11.1 Å². The summed E-state index contributed by atoms with van der Waals surface area (Å²) in [7, 11) is 0. The molecule has 5 rings (SSSR count). The third-order valence-corrected chi connectivity index (χ3v) is 5.91. The first-order chi connectivity index (χ1) is 15.4. The third-order valence-electron chi connectivity index (χ3n) is 5.47. The summed E-state index contributed by atoms with van der Waals surface area (Å²) in [4.78, 5) is 32.7. The Morgan fingerprint density at radius 1 is 1.03 bits per heavy atom. The van der Waals surface area contributed by atoms with Crippen LogP contribution >= 0.6 is 23.2 Å². The molecule has 0 radical (unpaired) electrons. The zero-order valence-electron chi connectivity index (χ0n) is 16.6. The average molecular weight is 472 g/mol. The van der Waals surface area contributed by atoms with Gasteiger partial charge < -0.3 is 9.64 Å². The average Bonchev–Trinajstić information content (AvgIpc) is 3.18. The van der Waals surface area contributed by atoms with Crippen LogP contribution in [0.5, 0.6) is 5.75 Å². The molecule has 9 heteroatoms. The van der Waals surface area contributed by atoms with Crippen molar-refractivity contribution in [1.82, 2.24) is 9.88 Å². The molecule has 6 nitrogen and oxygen atoms in total. The lowest BCUT2D eigenvalue weighted by Gasteiger charge is -2.29. The Labute approximate surface area is 193 Å². The highest BCUT2D eigenvalue weighted by Gasteiger charge is 2.32. The van der Waals surface area contributed by atoms with E-state index in [1.165, 1.54) is 17.0 Å². The predicted molar refractivity (Wildman–Crippen MR) is 118 cm³/mol. The lowest BCUT2D eigenvalue weighted by molar-refractivity contribution is -0.132. The second kappa shape index (κ2) is 8.07. The molecule has 1 aromatic heterocycles. The molecule has 2 aliphatic rings. The number of rotatable bonds is 3. The molecule has 0 fully saturated rings. The SMILES string of the molecule is O=C(CN1C(=O)COc2cc(-c3cc(Cl)cc(Cl)c3)cnc21)N1Cc2ccc(F)cc2C1. The number of nitrogens with zero attached hydrogens (tertiary/aromatic N) is 3. The van der Waals surface area contributed by atoms with E-state index in [-0.39, 0.29) is 36.6 Å². The molecule has 0 saturated carbocycles. The summed E-state index contributed by atoms with van der Waals surface area (Å²) in [6.45, 7) is 0.301. The normalized spacial score (nSPS) is 14.8. The van der Waals surface area contributed by atoms with Crippen molar-refractivity contribution in [1.29, 1.82) is 0 Å². The van der Waals surface area contributed by atoms with Crippen molar-refractivity contribution in [2.75, 3.05) is 18.1 Å². The summed E-state index contributed by atoms with van der Waals surface area (Å²) in [6, 6.07) is 11.4. The van der Waals surface area contributed by atoms with Crippen LogP contribution in [0.3, 0.4) is 0 Å². The molecule has 0 aliphatic carbocycles. The maximum atomic E-state index is 13.5. The van der Waals surface area contributed by atoms with Gasteiger partial charge in [0.15, 0.2) is 18.2 Å². The van der Waals surface area contributed by atoms with Crippen molar-refractivity contribution in [3.63, 3.8) is 0 Å². The Kier molecular flexibility index (Phi) is 5.23. The first-order valence-electron chi connectivity index (χ1n) is 9.82. The molecule has 0 atom stereocenters. The number of benzene rings is 2. The largest absolute Gasteiger partial charge is 0.480 e. The molecule has 0 bridgehead atoms. The minimum absolute atomic E-state index is 0.180. The van der Waals surface area contributed by atoms with Gasteiger partial charge in [0.05, 0.1) is 0 Å². The lowest BCUT2D eigenvalue weighted by Crippen LogP contribution is -2.45. The van der Waals surface area contributed by atoms with Gasteiger partial charge in [0.2, 0.25) is 5.91 Å². The van der Waals surface area contributed by atoms with E-state index in [4.69, 9.17) is 27.9 Å². The highest BCUT2D eigenvalue weighted by molar-refractivity contribution is 6.35. The van der Waals surface area contributed by atoms with Crippen molar-refractivity contribution in [2.45, 2.75) is 13.1 Å². The van der Waals surface area contributed by atoms with Crippen LogP contribution in [-0.2, 0) is 22.7 Å². The molecule has 162 valence electrons. The number of aromatic nitrogens is 1. The number of carbonyl (C=O) groups excluding carboxylic acids is 2. The van der Waals surface area contributed by atoms with Gasteiger partial charge >= 0.3 is 0 Å². The Morgan fingerprint density at radius 2 is 1.78 bits per heavy atom. The topological polar surface area (TPSA) is 62.7 Å². The maximum absolute atomic E-state index is 13.5. The van der Waals surface area contributed by atoms with Gasteiger partial charge in [-0.2, -0.15) is 0 Å². The lowest BCUT2D eigenvalue weighted by atomic mass is 10.1. The van der Waals surface area contributed by atoms with Crippen LogP contribution in [0.15, 0.2) is 48.7 Å². The van der Waals surface area contributed by atoms with Crippen LogP contribution in [0.2, 0.25) is 10.0 Å². The van der Waals surface area contributed by atoms with Crippen LogP contribution in [0, 0.1) is 5.82 Å². The minimum atomic E-state index is -0.361. The molecule has 3 heterocycles. The zero-order valence-corrected chi connectivity index (χ0v) is 18.2. The molecule has 2 aromatic carbocycles. The number of anilines is 1. The van der Waals surface area contributed by atoms with Crippen molar-refractivity contribution in [3.05, 3.63) is 75.7 Å². The van der Waals surface area contributed by atoms with Gasteiger partial charge in [0.1, 0.15) is 12.4 Å². The fourth-order valence-electron chi connectivity index (χ4n) is 3.90. The monoisotopic (exact) mass is 471 g/mol. The van der Waals surface area contributed by atoms with Gasteiger partial charge in [0.25, 0.3) is 5.91 Å². The van der Waals surface area contributed by atoms with Crippen LogP contribution in [0.4, 0.5) is 10.2 Å². The summed E-state index contributed by atoms with van der Waals surface area (Å²) in [5.41, 5.74) is 3.14. The Hall–Kier alpha value is -3.16. The fourth-order valence-corrected chi connectivity index (χ4v) is 4.42. The van der Waals surface area contributed by atoms with Crippen molar-refractivity contribution < 1.29 is 18.7 Å². The zero-order chi connectivity index (χ0) is 22.4. The minimum Gasteiger partial charge on any atom is -0.480 e. The van der Waals surface area contributed by atoms with Gasteiger partial charge in [-0.05, 0) is 53.1 Å². The molecule has 2 aliphatic heterocycles. The highest BCUT2D eigenvalue weighted by Crippen LogP contribution is 2.35. The Morgan fingerprint density at radius 3 is 2.56 bits per heavy atom. The summed E-state index contributed by atoms with van der Waals surface area (Å²) in [5, 5.41) is 0.972. The second-order valence-corrected chi connectivity index (χ2v) is 8.51. The molecule has 3 aromatic rings. The van der Waals surface area contributed by atoms with Crippen molar-refractivity contribution in [2.24, 2.45) is 0 Å². The summed E-state index contributed by atoms with van der Waals surface area (Å²) in [6.07, 6.45) is 1.58. The van der Waals surface area contributed by atoms with Gasteiger partial charge in [0, 0.05) is 34.9 Å². The van der Waals surface area contributed by atoms with Gasteiger partial charge in [-0.25, -0.2) is 9.37 Å². The van der Waals surface area contributed by atoms with E-state index in [1.54, 1.807) is 41.4 Å². The van der Waals surface area contributed by atoms with Crippen LogP contribution in [0.1, 0.15) is 11.1 Å². The van der Waals surface area contributed by atoms with E-state index < -0.39 is 0 Å². The molecule has 32 heavy (non-hydrogen) atoms. The smallest absolute Gasteiger partial charge is 0.266 e. The molecular weight excluding hydrogens is 456 g/mol. The number of hydrogen-bond acceptors (Lipinski definition) is 4. The molecule has 0 saturated heterocycles. The number of fused-ring (bicyclic) bond motifs is 2. The van der Waals surface area contributed by atoms with E-state index in [9.17, 15) is 14.0 Å². The summed E-state index contributed by atoms with van der Waals surface area (Å²) in [5.74, 6) is -0.293. The molecular formula is C23H16Cl2FN3O3. The van der Waals surface area contributed by atoms with E-state index >= 15 is 0 Å². The Balaban J connectivity index is 1.38. The first-order valence-corrected chi connectivity index (χ1v) is 10.6. The first kappa shape index (κ1) is 20.7. The number of halogens is 3. The van der Waals surface area contributed by atoms with E-state index in [0.29, 0.717) is 34.4 Å². The third kappa shape index (κ3) is 3.89. The fraction of sp³-hybridized carbons (Fsp3) is 0.174. The van der Waals surface area contributed by atoms with Crippen molar-refractivity contribution >= 4 is 40.8 Å². The van der Waals surface area contributed by atoms with Gasteiger partial charge in [-0.3, -0.25) is 14.5 Å². The molecule has 2 amide bonds. The van der Waals surface area contributed by atoms with E-state index in [0.717, 1.165) is 16.7 Å². The quantitative estimate of drug-likeness (QED) is 0.565. The number of amides is 2. The number of carbonyl (C=O) groups is 2. The van der Waals surface area contributed by atoms with Crippen molar-refractivity contribution in [3.8, 4) is 16.9 Å². The van der Waals surface area contributed by atoms with Gasteiger partial charge in [-0.1, -0.05) is 29.3 Å². The summed E-state index contributed by atoms with van der Waals surface area (Å²) >= 11 is 12.2. The standard InChI is InChI=1S/C23H16Cl2FN3O3/c24-17-3-14(4-18(25)7-17)15-6-20-23(27-8-15)29(22(31)12-32-20)11-21(30)28-9-13-1-2-19(26)5-16(13)10-28/h1-8H,9-12H2. The summed E-state index contributed by atoms with van der Waals surface area (Å²) < 4.78 is 19.1. The molecule has 0 N–H and O–H groups in total. The number of ether oxygens (including phenoxy) is 1. The van der Waals surface area contributed by atoms with Crippen LogP contribution in [-0.4, -0.2) is 34.8 Å². The molecule has 0 spiro atoms. The highest BCUT2D eigenvalue weighted by atomic mass is 35.5. The van der Waals surface area contributed by atoms with E-state index in [2.05, 4.69) is 4.98 Å². The van der Waals surface area contributed by atoms with Gasteiger partial charge in [-0.15, -0.1) is 0 Å². The van der Waals surface area contributed by atoms with Crippen LogP contribution < -0.4 is 9.64 Å². The second-order valence-electron chi connectivity index (χ2n) is 7.64. The number of hydrogen-bond donors (Lipinski definition) is 0. The maximum Gasteiger partial charge on any atom is 0.266 e. The van der Waals surface area contributed by atoms with E-state index in [1.807, 2.05) is 0 Å². The number of pyridine rings is 1.